The summed E-state index contributed by atoms with van der Waals surface area (Å²) in [7, 11) is 0.689. The van der Waals surface area contributed by atoms with Gasteiger partial charge in [0.1, 0.15) is 6.54 Å². The number of hydrogen-bond donors (Lipinski definition) is 0. The van der Waals surface area contributed by atoms with Crippen LogP contribution in [0.25, 0.3) is 11.5 Å². The maximum Gasteiger partial charge on any atom is 0.239 e. The summed E-state index contributed by atoms with van der Waals surface area (Å²) >= 11 is 0. The van der Waals surface area contributed by atoms with E-state index in [-0.39, 0.29) is 0 Å². The van der Waals surface area contributed by atoms with Gasteiger partial charge in [-0.25, -0.2) is 0 Å². The molecule has 2 aromatic carbocycles. The monoisotopic (exact) mass is 311 g/mol. The maximum atomic E-state index is 9.06. The zero-order valence-corrected chi connectivity index (χ0v) is 13.7. The number of hydrogen-bond acceptors (Lipinski definition) is 2. The molecule has 4 heteroatoms. The van der Waals surface area contributed by atoms with E-state index < -0.39 is 0 Å². The van der Waals surface area contributed by atoms with Crippen molar-refractivity contribution >= 4 is 24.6 Å². The summed E-state index contributed by atoms with van der Waals surface area (Å²) in [6, 6.07) is 22.8. The molecule has 0 bridgehead atoms. The van der Waals surface area contributed by atoms with Crippen molar-refractivity contribution in [1.82, 2.24) is 9.55 Å². The smallest absolute Gasteiger partial charge is 0.239 e. The first-order chi connectivity index (χ1) is 11.8. The lowest BCUT2D eigenvalue weighted by molar-refractivity contribution is 0.826. The van der Waals surface area contributed by atoms with Gasteiger partial charge in [0, 0.05) is 11.9 Å². The van der Waals surface area contributed by atoms with E-state index in [0.29, 0.717) is 13.8 Å². The number of aromatic nitrogens is 2. The number of rotatable bonds is 5. The Morgan fingerprint density at radius 3 is 2.46 bits per heavy atom. The van der Waals surface area contributed by atoms with Gasteiger partial charge in [0.15, 0.2) is 0 Å². The second-order valence-corrected chi connectivity index (χ2v) is 5.68. The summed E-state index contributed by atoms with van der Waals surface area (Å²) in [4.78, 5) is 4.51. The highest BCUT2D eigenvalue weighted by Gasteiger charge is 2.12. The molecule has 0 fully saturated rings. The molecule has 0 saturated heterocycles. The van der Waals surface area contributed by atoms with Crippen LogP contribution in [0, 0.1) is 18.3 Å². The van der Waals surface area contributed by atoms with Gasteiger partial charge in [0.05, 0.1) is 11.8 Å². The van der Waals surface area contributed by atoms with Gasteiger partial charge in [-0.05, 0) is 18.1 Å². The van der Waals surface area contributed by atoms with Crippen LogP contribution in [0.3, 0.4) is 0 Å². The van der Waals surface area contributed by atoms with Crippen LogP contribution in [0.4, 0.5) is 0 Å². The van der Waals surface area contributed by atoms with Crippen LogP contribution in [0.2, 0.25) is 0 Å². The number of benzene rings is 2. The van der Waals surface area contributed by atoms with Crippen molar-refractivity contribution in [2.45, 2.75) is 13.5 Å². The molecule has 0 atom stereocenters. The van der Waals surface area contributed by atoms with E-state index in [9.17, 15) is 0 Å². The third kappa shape index (κ3) is 3.64. The first-order valence-electron chi connectivity index (χ1n) is 7.97. The molecule has 0 aliphatic rings. The van der Waals surface area contributed by atoms with Gasteiger partial charge in [-0.3, -0.25) is 4.98 Å². The Balaban J connectivity index is 2.01. The molecule has 3 nitrogen and oxygen atoms in total. The van der Waals surface area contributed by atoms with Gasteiger partial charge in [0.25, 0.3) is 0 Å². The van der Waals surface area contributed by atoms with Crippen molar-refractivity contribution in [2.75, 3.05) is 0 Å². The van der Waals surface area contributed by atoms with Crippen LogP contribution >= 0.6 is 0 Å². The van der Waals surface area contributed by atoms with Crippen molar-refractivity contribution < 1.29 is 0 Å². The van der Waals surface area contributed by atoms with Crippen LogP contribution in [0.1, 0.15) is 16.8 Å². The molecule has 1 heterocycles. The van der Waals surface area contributed by atoms with E-state index in [2.05, 4.69) is 41.4 Å². The molecule has 0 unspecified atom stereocenters. The average molecular weight is 311 g/mol. The van der Waals surface area contributed by atoms with E-state index in [0.717, 1.165) is 17.0 Å². The van der Waals surface area contributed by atoms with Gasteiger partial charge in [-0.2, -0.15) is 5.26 Å². The average Bonchev–Trinajstić information content (AvgIpc) is 2.97. The largest absolute Gasteiger partial charge is 0.326 e. The van der Waals surface area contributed by atoms with E-state index >= 15 is 0 Å². The molecular formula is C20H18BN3. The van der Waals surface area contributed by atoms with Gasteiger partial charge >= 0.3 is 0 Å². The van der Waals surface area contributed by atoms with Gasteiger partial charge in [0.2, 0.25) is 7.28 Å². The topological polar surface area (TPSA) is 41.6 Å². The third-order valence-electron chi connectivity index (χ3n) is 4.00. The van der Waals surface area contributed by atoms with Crippen LogP contribution < -0.4 is 5.72 Å². The minimum Gasteiger partial charge on any atom is -0.326 e. The highest BCUT2D eigenvalue weighted by molar-refractivity contribution is 6.73. The predicted octanol–water partition coefficient (Wildman–Crippen LogP) is 2.98. The number of nitriles is 1. The van der Waals surface area contributed by atoms with Crippen molar-refractivity contribution in [1.29, 1.82) is 5.26 Å². The lowest BCUT2D eigenvalue weighted by Gasteiger charge is -2.09. The Labute approximate surface area is 143 Å². The SMILES string of the molecule is Cc1cnc(BC(=Cc2ccccc2)c2ccccc2)n1CC#N. The minimum absolute atomic E-state index is 0.328. The third-order valence-corrected chi connectivity index (χ3v) is 4.00. The number of nitrogens with zero attached hydrogens (tertiary/aromatic N) is 3. The number of imidazole rings is 1. The lowest BCUT2D eigenvalue weighted by atomic mass is 9.65. The van der Waals surface area contributed by atoms with Crippen molar-refractivity contribution in [2.24, 2.45) is 0 Å². The molecule has 24 heavy (non-hydrogen) atoms. The second kappa shape index (κ2) is 7.48. The quantitative estimate of drug-likeness (QED) is 0.537. The molecule has 3 rings (SSSR count). The fraction of sp³-hybridized carbons (Fsp3) is 0.100. The molecule has 3 aromatic rings. The van der Waals surface area contributed by atoms with Gasteiger partial charge < -0.3 is 4.57 Å². The maximum absolute atomic E-state index is 9.06. The van der Waals surface area contributed by atoms with Crippen LogP contribution in [-0.4, -0.2) is 16.8 Å². The highest BCUT2D eigenvalue weighted by Crippen LogP contribution is 2.17. The van der Waals surface area contributed by atoms with Crippen LogP contribution in [0.15, 0.2) is 66.9 Å². The predicted molar refractivity (Wildman–Crippen MR) is 100 cm³/mol. The summed E-state index contributed by atoms with van der Waals surface area (Å²) in [5.41, 5.74) is 5.45. The van der Waals surface area contributed by atoms with E-state index in [1.165, 1.54) is 11.0 Å². The zero-order chi connectivity index (χ0) is 16.8. The Morgan fingerprint density at radius 1 is 1.12 bits per heavy atom. The zero-order valence-electron chi connectivity index (χ0n) is 13.7. The normalized spacial score (nSPS) is 11.1. The van der Waals surface area contributed by atoms with E-state index in [1.54, 1.807) is 0 Å². The molecule has 0 saturated carbocycles. The number of aryl methyl sites for hydroxylation is 1. The summed E-state index contributed by atoms with van der Waals surface area (Å²) < 4.78 is 1.97. The Kier molecular flexibility index (Phi) is 4.93. The van der Waals surface area contributed by atoms with E-state index in [4.69, 9.17) is 5.26 Å². The Bertz CT molecular complexity index is 874. The van der Waals surface area contributed by atoms with E-state index in [1.807, 2.05) is 54.1 Å². The molecule has 116 valence electrons. The van der Waals surface area contributed by atoms with Gasteiger partial charge in [-0.15, -0.1) is 0 Å². The van der Waals surface area contributed by atoms with Crippen LogP contribution in [-0.2, 0) is 6.54 Å². The van der Waals surface area contributed by atoms with Gasteiger partial charge in [-0.1, -0.05) is 72.2 Å². The fourth-order valence-corrected chi connectivity index (χ4v) is 2.75. The minimum atomic E-state index is 0.328. The van der Waals surface area contributed by atoms with Crippen LogP contribution in [0.5, 0.6) is 0 Å². The Morgan fingerprint density at radius 2 is 1.79 bits per heavy atom. The van der Waals surface area contributed by atoms with Crippen molar-refractivity contribution in [3.63, 3.8) is 0 Å². The molecule has 1 aromatic heterocycles. The molecule has 0 aliphatic heterocycles. The fourth-order valence-electron chi connectivity index (χ4n) is 2.75. The lowest BCUT2D eigenvalue weighted by Crippen LogP contribution is -2.28. The molecule has 0 radical (unpaired) electrons. The molecular weight excluding hydrogens is 293 g/mol. The summed E-state index contributed by atoms with van der Waals surface area (Å²) in [6.45, 7) is 2.31. The second-order valence-electron chi connectivity index (χ2n) is 5.68. The summed E-state index contributed by atoms with van der Waals surface area (Å²) in [5, 5.41) is 9.06. The highest BCUT2D eigenvalue weighted by atomic mass is 15.1. The van der Waals surface area contributed by atoms with Crippen molar-refractivity contribution in [3.8, 4) is 6.07 Å². The first kappa shape index (κ1) is 15.8. The van der Waals surface area contributed by atoms with Crippen molar-refractivity contribution in [3.05, 3.63) is 83.7 Å². The molecule has 0 spiro atoms. The molecule has 0 aliphatic carbocycles. The standard InChI is InChI=1S/C20H18BN3/c1-16-15-23-20(24(16)13-12-22)21-19(18-10-6-3-7-11-18)14-17-8-4-2-5-9-17/h2-11,14-15,21H,13H2,1H3. The summed E-state index contributed by atoms with van der Waals surface area (Å²) in [6.07, 6.45) is 4.02. The first-order valence-corrected chi connectivity index (χ1v) is 7.97. The molecule has 0 N–H and O–H groups in total. The molecule has 0 amide bonds. The summed E-state index contributed by atoms with van der Waals surface area (Å²) in [5.74, 6) is 0. The Hall–Kier alpha value is -3.06.